The molecule has 2 aromatic rings. The van der Waals surface area contributed by atoms with Crippen LogP contribution in [0.15, 0.2) is 28.5 Å². The second kappa shape index (κ2) is 6.33. The number of thiophene rings is 1. The minimum atomic E-state index is -3.88. The number of rotatable bonds is 4. The van der Waals surface area contributed by atoms with Gasteiger partial charge in [-0.15, -0.1) is 11.3 Å². The van der Waals surface area contributed by atoms with Gasteiger partial charge >= 0.3 is 0 Å². The molecule has 0 spiro atoms. The lowest BCUT2D eigenvalue weighted by molar-refractivity contribution is 0.102. The molecule has 2 rings (SSSR count). The number of nitrogens with two attached hydrogens (primary N) is 1. The summed E-state index contributed by atoms with van der Waals surface area (Å²) < 4.78 is 35.8. The first-order valence-corrected chi connectivity index (χ1v) is 9.20. The van der Waals surface area contributed by atoms with Gasteiger partial charge in [0.2, 0.25) is 0 Å². The first kappa shape index (κ1) is 16.9. The lowest BCUT2D eigenvalue weighted by atomic mass is 10.1. The fourth-order valence-electron chi connectivity index (χ4n) is 1.81. The van der Waals surface area contributed by atoms with Gasteiger partial charge in [-0.3, -0.25) is 4.79 Å². The first-order chi connectivity index (χ1) is 10.2. The molecule has 9 heteroatoms. The van der Waals surface area contributed by atoms with Gasteiger partial charge in [-0.25, -0.2) is 12.8 Å². The lowest BCUT2D eigenvalue weighted by Crippen LogP contribution is -2.13. The Morgan fingerprint density at radius 2 is 2.09 bits per heavy atom. The third-order valence-electron chi connectivity index (χ3n) is 2.90. The van der Waals surface area contributed by atoms with Crippen molar-refractivity contribution in [2.45, 2.75) is 17.7 Å². The first-order valence-electron chi connectivity index (χ1n) is 6.07. The van der Waals surface area contributed by atoms with Gasteiger partial charge in [0, 0.05) is 33.4 Å². The van der Waals surface area contributed by atoms with Crippen molar-refractivity contribution in [1.82, 2.24) is 0 Å². The summed E-state index contributed by atoms with van der Waals surface area (Å²) >= 11 is 0.910. The van der Waals surface area contributed by atoms with E-state index >= 15 is 0 Å². The van der Waals surface area contributed by atoms with Crippen LogP contribution in [0.2, 0.25) is 0 Å². The maximum absolute atomic E-state index is 13.4. The molecule has 0 saturated carbocycles. The summed E-state index contributed by atoms with van der Waals surface area (Å²) in [7, 11) is 1.38. The van der Waals surface area contributed by atoms with Crippen molar-refractivity contribution in [3.63, 3.8) is 0 Å². The molecule has 1 heterocycles. The Bertz CT molecular complexity index is 834. The minimum absolute atomic E-state index is 0.00165. The Balaban J connectivity index is 2.28. The number of halogens is 2. The lowest BCUT2D eigenvalue weighted by Gasteiger charge is -2.07. The Morgan fingerprint density at radius 3 is 2.64 bits per heavy atom. The number of hydrogen-bond acceptors (Lipinski definition) is 5. The molecule has 0 radical (unpaired) electrons. The zero-order valence-corrected chi connectivity index (χ0v) is 13.8. The number of aryl methyl sites for hydroxylation is 1. The monoisotopic (exact) mass is 362 g/mol. The number of amides is 1. The Morgan fingerprint density at radius 1 is 1.41 bits per heavy atom. The molecule has 0 aliphatic rings. The van der Waals surface area contributed by atoms with Gasteiger partial charge in [-0.2, -0.15) is 0 Å². The quantitative estimate of drug-likeness (QED) is 0.818. The van der Waals surface area contributed by atoms with E-state index in [-0.39, 0.29) is 21.9 Å². The third-order valence-corrected chi connectivity index (χ3v) is 6.03. The van der Waals surface area contributed by atoms with Gasteiger partial charge in [-0.05, 0) is 31.2 Å². The van der Waals surface area contributed by atoms with Crippen molar-refractivity contribution < 1.29 is 17.6 Å². The Labute approximate surface area is 135 Å². The van der Waals surface area contributed by atoms with E-state index in [1.54, 1.807) is 6.92 Å². The van der Waals surface area contributed by atoms with Crippen LogP contribution in [0, 0.1) is 12.7 Å². The summed E-state index contributed by atoms with van der Waals surface area (Å²) in [5, 5.41) is 2.57. The van der Waals surface area contributed by atoms with Crippen LogP contribution in [0.5, 0.6) is 0 Å². The number of benzene rings is 1. The molecule has 22 heavy (non-hydrogen) atoms. The molecule has 5 nitrogen and oxygen atoms in total. The van der Waals surface area contributed by atoms with E-state index in [4.69, 9.17) is 16.4 Å². The van der Waals surface area contributed by atoms with Gasteiger partial charge in [0.05, 0.1) is 5.56 Å². The van der Waals surface area contributed by atoms with E-state index in [9.17, 15) is 17.6 Å². The van der Waals surface area contributed by atoms with E-state index < -0.39 is 20.8 Å². The van der Waals surface area contributed by atoms with E-state index in [2.05, 4.69) is 5.32 Å². The molecule has 0 aliphatic heterocycles. The molecule has 118 valence electrons. The SMILES string of the molecule is Cc1sc(S(=O)(=O)Cl)cc1C(=O)Nc1ccc(F)c(CN)c1. The number of carbonyl (C=O) groups excluding carboxylic acids is 1. The topological polar surface area (TPSA) is 89.3 Å². The van der Waals surface area contributed by atoms with Crippen molar-refractivity contribution in [3.8, 4) is 0 Å². The van der Waals surface area contributed by atoms with Crippen molar-refractivity contribution in [2.24, 2.45) is 5.73 Å². The van der Waals surface area contributed by atoms with Gasteiger partial charge in [0.25, 0.3) is 15.0 Å². The molecule has 0 atom stereocenters. The summed E-state index contributed by atoms with van der Waals surface area (Å²) in [5.41, 5.74) is 6.24. The number of carbonyl (C=O) groups is 1. The maximum atomic E-state index is 13.4. The average Bonchev–Trinajstić information content (AvgIpc) is 2.83. The van der Waals surface area contributed by atoms with Crippen LogP contribution >= 0.6 is 22.0 Å². The van der Waals surface area contributed by atoms with E-state index in [1.165, 1.54) is 24.3 Å². The summed E-state index contributed by atoms with van der Waals surface area (Å²) in [6.45, 7) is 1.61. The normalized spacial score (nSPS) is 11.5. The molecule has 1 aromatic carbocycles. The standard InChI is InChI=1S/C13H12ClFN2O3S2/c1-7-10(5-12(21-7)22(14,19)20)13(18)17-9-2-3-11(15)8(4-9)6-16/h2-5H,6,16H2,1H3,(H,17,18). The summed E-state index contributed by atoms with van der Waals surface area (Å²) in [6, 6.07) is 5.24. The zero-order chi connectivity index (χ0) is 16.5. The molecule has 0 bridgehead atoms. The minimum Gasteiger partial charge on any atom is -0.326 e. The van der Waals surface area contributed by atoms with Gasteiger partial charge in [0.15, 0.2) is 0 Å². The Kier molecular flexibility index (Phi) is 4.86. The van der Waals surface area contributed by atoms with Gasteiger partial charge in [-0.1, -0.05) is 0 Å². The van der Waals surface area contributed by atoms with Gasteiger partial charge in [0.1, 0.15) is 10.0 Å². The average molecular weight is 363 g/mol. The molecule has 1 amide bonds. The molecule has 0 aliphatic carbocycles. The Hall–Kier alpha value is -1.48. The fraction of sp³-hybridized carbons (Fsp3) is 0.154. The molecule has 1 aromatic heterocycles. The van der Waals surface area contributed by atoms with Crippen molar-refractivity contribution in [2.75, 3.05) is 5.32 Å². The van der Waals surface area contributed by atoms with Gasteiger partial charge < -0.3 is 11.1 Å². The summed E-state index contributed by atoms with van der Waals surface area (Å²) in [6.07, 6.45) is 0. The second-order valence-corrected chi connectivity index (χ2v) is 8.49. The van der Waals surface area contributed by atoms with E-state index in [0.29, 0.717) is 10.6 Å². The van der Waals surface area contributed by atoms with Crippen LogP contribution in [-0.4, -0.2) is 14.3 Å². The highest BCUT2D eigenvalue weighted by atomic mass is 35.7. The highest BCUT2D eigenvalue weighted by molar-refractivity contribution is 8.15. The zero-order valence-electron chi connectivity index (χ0n) is 11.4. The summed E-state index contributed by atoms with van der Waals surface area (Å²) in [4.78, 5) is 12.7. The molecule has 0 unspecified atom stereocenters. The predicted octanol–water partition coefficient (Wildman–Crippen LogP) is 2.83. The van der Waals surface area contributed by atoms with Crippen LogP contribution < -0.4 is 11.1 Å². The van der Waals surface area contributed by atoms with E-state index in [0.717, 1.165) is 11.3 Å². The molecule has 0 saturated heterocycles. The van der Waals surface area contributed by atoms with Crippen molar-refractivity contribution >= 4 is 42.7 Å². The van der Waals surface area contributed by atoms with E-state index in [1.807, 2.05) is 0 Å². The second-order valence-electron chi connectivity index (χ2n) is 4.44. The van der Waals surface area contributed by atoms with Crippen LogP contribution in [0.3, 0.4) is 0 Å². The predicted molar refractivity (Wildman–Crippen MR) is 84.3 cm³/mol. The highest BCUT2D eigenvalue weighted by Gasteiger charge is 2.20. The maximum Gasteiger partial charge on any atom is 0.270 e. The molecular formula is C13H12ClFN2O3S2. The smallest absolute Gasteiger partial charge is 0.270 e. The largest absolute Gasteiger partial charge is 0.326 e. The van der Waals surface area contributed by atoms with Crippen LogP contribution in [-0.2, 0) is 15.6 Å². The molecule has 0 fully saturated rings. The number of hydrogen-bond donors (Lipinski definition) is 2. The molecular weight excluding hydrogens is 351 g/mol. The van der Waals surface area contributed by atoms with Crippen LogP contribution in [0.4, 0.5) is 10.1 Å². The number of anilines is 1. The summed E-state index contributed by atoms with van der Waals surface area (Å²) in [5.74, 6) is -0.961. The number of nitrogens with one attached hydrogen (secondary N) is 1. The fourth-order valence-corrected chi connectivity index (χ4v) is 4.00. The van der Waals surface area contributed by atoms with Crippen molar-refractivity contribution in [3.05, 3.63) is 46.1 Å². The van der Waals surface area contributed by atoms with Crippen LogP contribution in [0.25, 0.3) is 0 Å². The highest BCUT2D eigenvalue weighted by Crippen LogP contribution is 2.29. The third kappa shape index (κ3) is 3.64. The van der Waals surface area contributed by atoms with Crippen LogP contribution in [0.1, 0.15) is 20.8 Å². The van der Waals surface area contributed by atoms with Crippen molar-refractivity contribution in [1.29, 1.82) is 0 Å². The molecule has 3 N–H and O–H groups in total.